The van der Waals surface area contributed by atoms with Gasteiger partial charge in [-0.15, -0.1) is 0 Å². The average molecular weight is 655 g/mol. The van der Waals surface area contributed by atoms with Crippen molar-refractivity contribution in [2.45, 2.75) is 151 Å². The molecule has 266 valence electrons. The zero-order valence-electron chi connectivity index (χ0n) is 31.5. The fraction of sp³-hybridized carbons (Fsp3) is 0.878. The Morgan fingerprint density at radius 3 is 2.04 bits per heavy atom. The number of carbonyl (C=O) groups excluding carboxylic acids is 3. The standard InChI is InChI=1S/C41H66O6/c1-26(2)27-14-20-41(21-17-32(42)45-10)23-22-39(8)28(35(27)41)12-13-30-38(7)18-16-31(37(5,6)29(38)15-19-40(30,39)9)47-34(44)25-36(3,4)24-33(43)46-11/h27-31,35H,1,12-25H2,2-11H3/t27?,28?,29?,30?,31-,35?,38-,39+,40+,41-/m0/s1. The maximum Gasteiger partial charge on any atom is 0.306 e. The van der Waals surface area contributed by atoms with Crippen LogP contribution in [-0.4, -0.2) is 38.2 Å². The number of carbonyl (C=O) groups is 3. The van der Waals surface area contributed by atoms with Gasteiger partial charge < -0.3 is 14.2 Å². The normalized spacial score (nSPS) is 42.2. The Morgan fingerprint density at radius 2 is 1.40 bits per heavy atom. The molecule has 5 fully saturated rings. The molecule has 6 heteroatoms. The molecule has 5 unspecified atom stereocenters. The first kappa shape index (κ1) is 36.4. The molecule has 47 heavy (non-hydrogen) atoms. The van der Waals surface area contributed by atoms with E-state index in [0.29, 0.717) is 36.0 Å². The Morgan fingerprint density at radius 1 is 0.745 bits per heavy atom. The summed E-state index contributed by atoms with van der Waals surface area (Å²) in [5.41, 5.74) is 1.63. The minimum Gasteiger partial charge on any atom is -0.469 e. The molecular formula is C41H66O6. The lowest BCUT2D eigenvalue weighted by atomic mass is 9.32. The zero-order valence-corrected chi connectivity index (χ0v) is 31.5. The number of fused-ring (bicyclic) bond motifs is 7. The molecule has 0 spiro atoms. The predicted molar refractivity (Wildman–Crippen MR) is 185 cm³/mol. The lowest BCUT2D eigenvalue weighted by molar-refractivity contribution is -0.250. The molecular weight excluding hydrogens is 588 g/mol. The van der Waals surface area contributed by atoms with E-state index in [0.717, 1.165) is 19.3 Å². The van der Waals surface area contributed by atoms with Crippen LogP contribution in [0.2, 0.25) is 0 Å². The number of allylic oxidation sites excluding steroid dienone is 1. The van der Waals surface area contributed by atoms with Crippen molar-refractivity contribution in [1.29, 1.82) is 0 Å². The van der Waals surface area contributed by atoms with Crippen molar-refractivity contribution < 1.29 is 28.6 Å². The molecule has 5 rings (SSSR count). The van der Waals surface area contributed by atoms with Gasteiger partial charge in [-0.3, -0.25) is 14.4 Å². The van der Waals surface area contributed by atoms with Crippen LogP contribution in [0.3, 0.4) is 0 Å². The van der Waals surface area contributed by atoms with Crippen molar-refractivity contribution in [3.63, 3.8) is 0 Å². The van der Waals surface area contributed by atoms with Crippen LogP contribution in [0.25, 0.3) is 0 Å². The molecule has 0 radical (unpaired) electrons. The Hall–Kier alpha value is -1.85. The van der Waals surface area contributed by atoms with Gasteiger partial charge in [0.15, 0.2) is 0 Å². The first-order valence-electron chi connectivity index (χ1n) is 18.8. The van der Waals surface area contributed by atoms with Gasteiger partial charge in [0, 0.05) is 11.8 Å². The number of esters is 3. The van der Waals surface area contributed by atoms with Gasteiger partial charge in [0.1, 0.15) is 6.10 Å². The smallest absolute Gasteiger partial charge is 0.306 e. The number of ether oxygens (including phenoxy) is 3. The first-order chi connectivity index (χ1) is 21.8. The van der Waals surface area contributed by atoms with E-state index in [1.54, 1.807) is 0 Å². The maximum atomic E-state index is 13.3. The van der Waals surface area contributed by atoms with Gasteiger partial charge in [0.05, 0.1) is 27.1 Å². The molecule has 0 aromatic heterocycles. The van der Waals surface area contributed by atoms with Gasteiger partial charge in [-0.1, -0.05) is 60.6 Å². The van der Waals surface area contributed by atoms with E-state index >= 15 is 0 Å². The average Bonchev–Trinajstić information content (AvgIpc) is 3.37. The highest BCUT2D eigenvalue weighted by Gasteiger charge is 2.71. The Bertz CT molecular complexity index is 1250. The molecule has 0 amide bonds. The summed E-state index contributed by atoms with van der Waals surface area (Å²) in [6.45, 7) is 23.3. The fourth-order valence-corrected chi connectivity index (χ4v) is 13.5. The summed E-state index contributed by atoms with van der Waals surface area (Å²) >= 11 is 0. The molecule has 5 aliphatic carbocycles. The monoisotopic (exact) mass is 654 g/mol. The van der Waals surface area contributed by atoms with Crippen molar-refractivity contribution in [3.05, 3.63) is 12.2 Å². The second kappa shape index (κ2) is 12.5. The lowest BCUT2D eigenvalue weighted by Crippen LogP contribution is -2.66. The fourth-order valence-electron chi connectivity index (χ4n) is 13.5. The third kappa shape index (κ3) is 5.92. The quantitative estimate of drug-likeness (QED) is 0.140. The minimum atomic E-state index is -0.502. The van der Waals surface area contributed by atoms with Gasteiger partial charge in [-0.25, -0.2) is 0 Å². The first-order valence-corrected chi connectivity index (χ1v) is 18.8. The van der Waals surface area contributed by atoms with Crippen LogP contribution < -0.4 is 0 Å². The molecule has 0 saturated heterocycles. The van der Waals surface area contributed by atoms with E-state index in [1.807, 2.05) is 13.8 Å². The van der Waals surface area contributed by atoms with E-state index in [4.69, 9.17) is 14.2 Å². The highest BCUT2D eigenvalue weighted by Crippen LogP contribution is 2.78. The molecule has 5 aliphatic rings. The van der Waals surface area contributed by atoms with Gasteiger partial charge in [0.2, 0.25) is 0 Å². The van der Waals surface area contributed by atoms with Crippen molar-refractivity contribution in [2.24, 2.45) is 62.1 Å². The molecule has 0 aromatic carbocycles. The summed E-state index contributed by atoms with van der Waals surface area (Å²) in [7, 11) is 2.91. The number of hydrogen-bond acceptors (Lipinski definition) is 6. The van der Waals surface area contributed by atoms with Gasteiger partial charge in [-0.2, -0.15) is 0 Å². The molecule has 0 heterocycles. The second-order valence-corrected chi connectivity index (χ2v) is 19.1. The molecule has 0 aromatic rings. The Kier molecular flexibility index (Phi) is 9.68. The summed E-state index contributed by atoms with van der Waals surface area (Å²) in [5.74, 6) is 2.36. The Labute approximate surface area is 285 Å². The van der Waals surface area contributed by atoms with Crippen LogP contribution in [0.15, 0.2) is 12.2 Å². The summed E-state index contributed by atoms with van der Waals surface area (Å²) < 4.78 is 16.3. The van der Waals surface area contributed by atoms with Crippen molar-refractivity contribution in [1.82, 2.24) is 0 Å². The van der Waals surface area contributed by atoms with E-state index < -0.39 is 5.41 Å². The topological polar surface area (TPSA) is 78.9 Å². The molecule has 6 nitrogen and oxygen atoms in total. The Balaban J connectivity index is 1.37. The highest BCUT2D eigenvalue weighted by atomic mass is 16.5. The number of methoxy groups -OCH3 is 2. The van der Waals surface area contributed by atoms with Crippen LogP contribution >= 0.6 is 0 Å². The molecule has 5 saturated carbocycles. The minimum absolute atomic E-state index is 0.0686. The number of rotatable bonds is 9. The summed E-state index contributed by atoms with van der Waals surface area (Å²) in [6.07, 6.45) is 13.6. The van der Waals surface area contributed by atoms with Crippen molar-refractivity contribution in [3.8, 4) is 0 Å². The van der Waals surface area contributed by atoms with Crippen molar-refractivity contribution >= 4 is 17.9 Å². The zero-order chi connectivity index (χ0) is 34.8. The van der Waals surface area contributed by atoms with Crippen LogP contribution in [0, 0.1) is 62.1 Å². The number of hydrogen-bond donors (Lipinski definition) is 0. The van der Waals surface area contributed by atoms with E-state index in [1.165, 1.54) is 71.2 Å². The molecule has 0 N–H and O–H groups in total. The highest BCUT2D eigenvalue weighted by molar-refractivity contribution is 5.74. The summed E-state index contributed by atoms with van der Waals surface area (Å²) in [5, 5.41) is 0. The summed E-state index contributed by atoms with van der Waals surface area (Å²) in [6, 6.07) is 0. The molecule has 0 bridgehead atoms. The molecule has 10 atom stereocenters. The van der Waals surface area contributed by atoms with Gasteiger partial charge >= 0.3 is 17.9 Å². The van der Waals surface area contributed by atoms with Crippen LogP contribution in [0.4, 0.5) is 0 Å². The van der Waals surface area contributed by atoms with Crippen molar-refractivity contribution in [2.75, 3.05) is 14.2 Å². The van der Waals surface area contributed by atoms with Crippen LogP contribution in [-0.2, 0) is 28.6 Å². The largest absolute Gasteiger partial charge is 0.469 e. The predicted octanol–water partition coefficient (Wildman–Crippen LogP) is 9.49. The third-order valence-corrected chi connectivity index (χ3v) is 16.0. The third-order valence-electron chi connectivity index (χ3n) is 16.0. The van der Waals surface area contributed by atoms with E-state index in [-0.39, 0.29) is 63.9 Å². The van der Waals surface area contributed by atoms with Crippen LogP contribution in [0.1, 0.15) is 145 Å². The lowest BCUT2D eigenvalue weighted by Gasteiger charge is -2.73. The van der Waals surface area contributed by atoms with E-state index in [2.05, 4.69) is 48.1 Å². The van der Waals surface area contributed by atoms with E-state index in [9.17, 15) is 14.4 Å². The maximum absolute atomic E-state index is 13.3. The summed E-state index contributed by atoms with van der Waals surface area (Å²) in [4.78, 5) is 37.6. The second-order valence-electron chi connectivity index (χ2n) is 19.1. The van der Waals surface area contributed by atoms with Gasteiger partial charge in [-0.05, 0) is 134 Å². The SMILES string of the molecule is C=C(C)C1CC[C@]2(CCC(=O)OC)CC[C@]3(C)C(CCC4[C@@]5(C)CC[C@H](OC(=O)CC(C)(C)CC(=O)OC)C(C)(C)C5CC[C@]43C)C12. The van der Waals surface area contributed by atoms with Gasteiger partial charge in [0.25, 0.3) is 0 Å². The van der Waals surface area contributed by atoms with Crippen LogP contribution in [0.5, 0.6) is 0 Å². The molecule has 0 aliphatic heterocycles.